The monoisotopic (exact) mass is 280 g/mol. The molecule has 1 aliphatic rings. The molecule has 110 valence electrons. The van der Waals surface area contributed by atoms with Crippen LogP contribution in [0.25, 0.3) is 0 Å². The van der Waals surface area contributed by atoms with Gasteiger partial charge in [0, 0.05) is 31.0 Å². The Morgan fingerprint density at radius 3 is 2.67 bits per heavy atom. The molecule has 0 aliphatic carbocycles. The van der Waals surface area contributed by atoms with Crippen molar-refractivity contribution in [1.29, 1.82) is 0 Å². The van der Waals surface area contributed by atoms with Crippen LogP contribution in [0.1, 0.15) is 18.1 Å². The smallest absolute Gasteiger partial charge is 0.0395 e. The molecule has 2 aromatic rings. The molecule has 1 atom stereocenters. The SMILES string of the molecule is CCN(CC1CNc2ccccc2C1)c1ccccc1C. The molecule has 2 heteroatoms. The lowest BCUT2D eigenvalue weighted by Gasteiger charge is -2.33. The van der Waals surface area contributed by atoms with Gasteiger partial charge in [-0.05, 0) is 49.4 Å². The number of nitrogens with one attached hydrogen (secondary N) is 1. The predicted octanol–water partition coefficient (Wildman–Crippen LogP) is 4.11. The van der Waals surface area contributed by atoms with Gasteiger partial charge in [-0.3, -0.25) is 0 Å². The number of nitrogens with zero attached hydrogens (tertiary/aromatic N) is 1. The first-order valence-corrected chi connectivity index (χ1v) is 7.90. The summed E-state index contributed by atoms with van der Waals surface area (Å²) in [5.41, 5.74) is 5.50. The lowest BCUT2D eigenvalue weighted by Crippen LogP contribution is -2.36. The molecule has 1 heterocycles. The second-order valence-corrected chi connectivity index (χ2v) is 5.93. The quantitative estimate of drug-likeness (QED) is 0.907. The summed E-state index contributed by atoms with van der Waals surface area (Å²) < 4.78 is 0. The zero-order valence-corrected chi connectivity index (χ0v) is 13.0. The highest BCUT2D eigenvalue weighted by molar-refractivity contribution is 5.55. The number of rotatable bonds is 4. The second kappa shape index (κ2) is 6.21. The van der Waals surface area contributed by atoms with Crippen LogP contribution in [0, 0.1) is 12.8 Å². The summed E-state index contributed by atoms with van der Waals surface area (Å²) in [7, 11) is 0. The lowest BCUT2D eigenvalue weighted by molar-refractivity contribution is 0.526. The molecular weight excluding hydrogens is 256 g/mol. The summed E-state index contributed by atoms with van der Waals surface area (Å²) in [5, 5.41) is 3.58. The molecule has 1 unspecified atom stereocenters. The molecule has 0 bridgehead atoms. The molecule has 21 heavy (non-hydrogen) atoms. The molecule has 1 aliphatic heterocycles. The molecule has 0 spiro atoms. The van der Waals surface area contributed by atoms with Gasteiger partial charge >= 0.3 is 0 Å². The second-order valence-electron chi connectivity index (χ2n) is 5.93. The average molecular weight is 280 g/mol. The Hall–Kier alpha value is -1.96. The van der Waals surface area contributed by atoms with E-state index in [1.54, 1.807) is 0 Å². The zero-order chi connectivity index (χ0) is 14.7. The molecular formula is C19H24N2. The van der Waals surface area contributed by atoms with Crippen molar-refractivity contribution in [1.82, 2.24) is 0 Å². The van der Waals surface area contributed by atoms with E-state index in [9.17, 15) is 0 Å². The standard InChI is InChI=1S/C19H24N2/c1-3-21(19-11-7-4-8-15(19)2)14-16-12-17-9-5-6-10-18(17)20-13-16/h4-11,16,20H,3,12-14H2,1-2H3. The van der Waals surface area contributed by atoms with Crippen LogP contribution in [0.2, 0.25) is 0 Å². The van der Waals surface area contributed by atoms with Gasteiger partial charge in [0.1, 0.15) is 0 Å². The van der Waals surface area contributed by atoms with Gasteiger partial charge in [-0.25, -0.2) is 0 Å². The summed E-state index contributed by atoms with van der Waals surface area (Å²) in [6, 6.07) is 17.4. The Labute approximate surface area is 127 Å². The van der Waals surface area contributed by atoms with Crippen LogP contribution in [-0.2, 0) is 6.42 Å². The summed E-state index contributed by atoms with van der Waals surface area (Å²) in [6.45, 7) is 7.69. The molecule has 3 rings (SSSR count). The van der Waals surface area contributed by atoms with E-state index in [0.717, 1.165) is 19.6 Å². The predicted molar refractivity (Wildman–Crippen MR) is 91.2 cm³/mol. The van der Waals surface area contributed by atoms with E-state index in [2.05, 4.69) is 72.6 Å². The van der Waals surface area contributed by atoms with Gasteiger partial charge in [-0.1, -0.05) is 36.4 Å². The van der Waals surface area contributed by atoms with Crippen molar-refractivity contribution in [3.8, 4) is 0 Å². The largest absolute Gasteiger partial charge is 0.384 e. The highest BCUT2D eigenvalue weighted by Gasteiger charge is 2.20. The zero-order valence-electron chi connectivity index (χ0n) is 13.0. The first kappa shape index (κ1) is 14.0. The van der Waals surface area contributed by atoms with Crippen LogP contribution in [0.4, 0.5) is 11.4 Å². The number of benzene rings is 2. The normalized spacial score (nSPS) is 17.0. The molecule has 0 saturated heterocycles. The van der Waals surface area contributed by atoms with Crippen LogP contribution in [0.3, 0.4) is 0 Å². The van der Waals surface area contributed by atoms with Crippen molar-refractivity contribution < 1.29 is 0 Å². The Balaban J connectivity index is 1.73. The van der Waals surface area contributed by atoms with Gasteiger partial charge in [0.2, 0.25) is 0 Å². The van der Waals surface area contributed by atoms with Gasteiger partial charge in [-0.15, -0.1) is 0 Å². The fourth-order valence-electron chi connectivity index (χ4n) is 3.27. The van der Waals surface area contributed by atoms with Crippen molar-refractivity contribution in [3.05, 3.63) is 59.7 Å². The molecule has 0 radical (unpaired) electrons. The van der Waals surface area contributed by atoms with E-state index in [1.165, 1.54) is 28.9 Å². The minimum absolute atomic E-state index is 0.666. The first-order valence-electron chi connectivity index (χ1n) is 7.90. The average Bonchev–Trinajstić information content (AvgIpc) is 2.53. The van der Waals surface area contributed by atoms with Crippen LogP contribution < -0.4 is 10.2 Å². The van der Waals surface area contributed by atoms with Crippen molar-refractivity contribution in [2.45, 2.75) is 20.3 Å². The highest BCUT2D eigenvalue weighted by Crippen LogP contribution is 2.27. The minimum atomic E-state index is 0.666. The first-order chi connectivity index (χ1) is 10.3. The van der Waals surface area contributed by atoms with E-state index < -0.39 is 0 Å². The van der Waals surface area contributed by atoms with Crippen LogP contribution in [0.5, 0.6) is 0 Å². The van der Waals surface area contributed by atoms with E-state index >= 15 is 0 Å². The van der Waals surface area contributed by atoms with E-state index in [0.29, 0.717) is 5.92 Å². The topological polar surface area (TPSA) is 15.3 Å². The third kappa shape index (κ3) is 3.05. The number of aryl methyl sites for hydroxylation is 1. The number of para-hydroxylation sites is 2. The summed E-state index contributed by atoms with van der Waals surface area (Å²) >= 11 is 0. The van der Waals surface area contributed by atoms with Crippen molar-refractivity contribution in [2.75, 3.05) is 29.9 Å². The van der Waals surface area contributed by atoms with Gasteiger partial charge in [0.15, 0.2) is 0 Å². The highest BCUT2D eigenvalue weighted by atomic mass is 15.1. The number of fused-ring (bicyclic) bond motifs is 1. The van der Waals surface area contributed by atoms with Gasteiger partial charge in [0.05, 0.1) is 0 Å². The van der Waals surface area contributed by atoms with E-state index in [1.807, 2.05) is 0 Å². The van der Waals surface area contributed by atoms with Crippen LogP contribution >= 0.6 is 0 Å². The molecule has 0 amide bonds. The molecule has 2 aromatic carbocycles. The van der Waals surface area contributed by atoms with Crippen LogP contribution in [-0.4, -0.2) is 19.6 Å². The van der Waals surface area contributed by atoms with Gasteiger partial charge in [0.25, 0.3) is 0 Å². The number of anilines is 2. The summed E-state index contributed by atoms with van der Waals surface area (Å²) in [5.74, 6) is 0.666. The van der Waals surface area contributed by atoms with E-state index in [-0.39, 0.29) is 0 Å². The van der Waals surface area contributed by atoms with Gasteiger partial charge in [-0.2, -0.15) is 0 Å². The van der Waals surface area contributed by atoms with Gasteiger partial charge < -0.3 is 10.2 Å². The van der Waals surface area contributed by atoms with Crippen LogP contribution in [0.15, 0.2) is 48.5 Å². The number of hydrogen-bond acceptors (Lipinski definition) is 2. The Morgan fingerprint density at radius 2 is 1.86 bits per heavy atom. The third-order valence-corrected chi connectivity index (χ3v) is 4.42. The van der Waals surface area contributed by atoms with E-state index in [4.69, 9.17) is 0 Å². The van der Waals surface area contributed by atoms with Crippen molar-refractivity contribution >= 4 is 11.4 Å². The maximum Gasteiger partial charge on any atom is 0.0395 e. The lowest BCUT2D eigenvalue weighted by atomic mass is 9.93. The molecule has 1 N–H and O–H groups in total. The maximum absolute atomic E-state index is 3.58. The molecule has 0 saturated carbocycles. The summed E-state index contributed by atoms with van der Waals surface area (Å²) in [6.07, 6.45) is 1.17. The van der Waals surface area contributed by atoms with Crippen molar-refractivity contribution in [2.24, 2.45) is 5.92 Å². The Bertz CT molecular complexity index is 606. The minimum Gasteiger partial charge on any atom is -0.384 e. The maximum atomic E-state index is 3.58. The van der Waals surface area contributed by atoms with Crippen molar-refractivity contribution in [3.63, 3.8) is 0 Å². The number of hydrogen-bond donors (Lipinski definition) is 1. The molecule has 0 fully saturated rings. The summed E-state index contributed by atoms with van der Waals surface area (Å²) in [4.78, 5) is 2.51. The molecule has 0 aromatic heterocycles. The third-order valence-electron chi connectivity index (χ3n) is 4.42. The molecule has 2 nitrogen and oxygen atoms in total. The fourth-order valence-corrected chi connectivity index (χ4v) is 3.27. The Kier molecular flexibility index (Phi) is 4.14. The fraction of sp³-hybridized carbons (Fsp3) is 0.368. The Morgan fingerprint density at radius 1 is 1.10 bits per heavy atom.